The lowest BCUT2D eigenvalue weighted by molar-refractivity contribution is -0.132. The van der Waals surface area contributed by atoms with Gasteiger partial charge < -0.3 is 10.4 Å². The number of carbonyl (C=O) groups is 1. The maximum Gasteiger partial charge on any atom is 0.332 e. The molecule has 0 aromatic heterocycles. The number of rotatable bonds is 1. The van der Waals surface area contributed by atoms with Gasteiger partial charge in [0.15, 0.2) is 0 Å². The van der Waals surface area contributed by atoms with Gasteiger partial charge in [0.05, 0.1) is 0 Å². The normalized spacial score (nSPS) is 17.0. The molecule has 1 heterocycles. The number of nitrogens with one attached hydrogen (secondary N) is 1. The molecule has 2 N–H and O–H groups in total. The van der Waals surface area contributed by atoms with Gasteiger partial charge in [-0.25, -0.2) is 4.79 Å². The number of carboxylic acid groups (broad SMARTS) is 1. The SMILES string of the molecule is Br.O=C(O)C1=CCCNC1. The minimum Gasteiger partial charge on any atom is -0.478 e. The highest BCUT2D eigenvalue weighted by Crippen LogP contribution is 1.99. The van der Waals surface area contributed by atoms with Crippen LogP contribution in [0, 0.1) is 0 Å². The summed E-state index contributed by atoms with van der Waals surface area (Å²) < 4.78 is 0. The highest BCUT2D eigenvalue weighted by molar-refractivity contribution is 8.93. The maximum atomic E-state index is 10.2. The fraction of sp³-hybridized carbons (Fsp3) is 0.500. The molecule has 0 unspecified atom stereocenters. The number of aliphatic carboxylic acids is 1. The van der Waals surface area contributed by atoms with Crippen molar-refractivity contribution in [1.29, 1.82) is 0 Å². The van der Waals surface area contributed by atoms with E-state index < -0.39 is 5.97 Å². The lowest BCUT2D eigenvalue weighted by atomic mass is 10.1. The first-order valence-corrected chi connectivity index (χ1v) is 2.94. The molecule has 58 valence electrons. The van der Waals surface area contributed by atoms with Crippen LogP contribution in [0.1, 0.15) is 6.42 Å². The van der Waals surface area contributed by atoms with Gasteiger partial charge in [0.25, 0.3) is 0 Å². The van der Waals surface area contributed by atoms with E-state index in [0.717, 1.165) is 13.0 Å². The van der Waals surface area contributed by atoms with Crippen molar-refractivity contribution in [3.05, 3.63) is 11.6 Å². The fourth-order valence-electron chi connectivity index (χ4n) is 0.807. The van der Waals surface area contributed by atoms with Crippen molar-refractivity contribution >= 4 is 23.0 Å². The van der Waals surface area contributed by atoms with Crippen LogP contribution in [-0.2, 0) is 4.79 Å². The monoisotopic (exact) mass is 207 g/mol. The Kier molecular flexibility index (Phi) is 4.31. The van der Waals surface area contributed by atoms with E-state index in [9.17, 15) is 4.79 Å². The van der Waals surface area contributed by atoms with E-state index in [2.05, 4.69) is 5.32 Å². The first-order chi connectivity index (χ1) is 4.30. The lowest BCUT2D eigenvalue weighted by Crippen LogP contribution is -2.25. The average Bonchev–Trinajstić information content (AvgIpc) is 1.90. The minimum absolute atomic E-state index is 0. The average molecular weight is 208 g/mol. The summed E-state index contributed by atoms with van der Waals surface area (Å²) in [5.74, 6) is -0.804. The second-order valence-electron chi connectivity index (χ2n) is 2.00. The zero-order valence-corrected chi connectivity index (χ0v) is 7.18. The Morgan fingerprint density at radius 2 is 2.40 bits per heavy atom. The van der Waals surface area contributed by atoms with Gasteiger partial charge in [0.2, 0.25) is 0 Å². The molecule has 0 aromatic carbocycles. The molecule has 0 saturated carbocycles. The van der Waals surface area contributed by atoms with Gasteiger partial charge >= 0.3 is 5.97 Å². The van der Waals surface area contributed by atoms with Crippen molar-refractivity contribution in [2.75, 3.05) is 13.1 Å². The van der Waals surface area contributed by atoms with Gasteiger partial charge in [0, 0.05) is 12.1 Å². The molecule has 0 spiro atoms. The standard InChI is InChI=1S/C6H9NO2.BrH/c8-6(9)5-2-1-3-7-4-5;/h2,7H,1,3-4H2,(H,8,9);1H. The van der Waals surface area contributed by atoms with Crippen molar-refractivity contribution in [3.63, 3.8) is 0 Å². The summed E-state index contributed by atoms with van der Waals surface area (Å²) >= 11 is 0. The van der Waals surface area contributed by atoms with Crippen LogP contribution < -0.4 is 5.32 Å². The van der Waals surface area contributed by atoms with E-state index >= 15 is 0 Å². The highest BCUT2D eigenvalue weighted by Gasteiger charge is 2.08. The van der Waals surface area contributed by atoms with Crippen LogP contribution in [0.25, 0.3) is 0 Å². The van der Waals surface area contributed by atoms with Gasteiger partial charge in [-0.1, -0.05) is 6.08 Å². The molecule has 1 aliphatic heterocycles. The second kappa shape index (κ2) is 4.46. The summed E-state index contributed by atoms with van der Waals surface area (Å²) in [6, 6.07) is 0. The quantitative estimate of drug-likeness (QED) is 0.662. The molecule has 0 saturated heterocycles. The molecular weight excluding hydrogens is 198 g/mol. The predicted molar refractivity (Wildman–Crippen MR) is 43.5 cm³/mol. The molecule has 0 atom stereocenters. The van der Waals surface area contributed by atoms with Crippen LogP contribution in [-0.4, -0.2) is 24.2 Å². The van der Waals surface area contributed by atoms with Gasteiger partial charge in [-0.05, 0) is 13.0 Å². The van der Waals surface area contributed by atoms with Crippen molar-refractivity contribution < 1.29 is 9.90 Å². The van der Waals surface area contributed by atoms with Gasteiger partial charge in [-0.3, -0.25) is 0 Å². The van der Waals surface area contributed by atoms with E-state index in [1.165, 1.54) is 0 Å². The van der Waals surface area contributed by atoms with Gasteiger partial charge in [0.1, 0.15) is 0 Å². The maximum absolute atomic E-state index is 10.2. The molecule has 3 nitrogen and oxygen atoms in total. The number of hydrogen-bond donors (Lipinski definition) is 2. The van der Waals surface area contributed by atoms with E-state index in [-0.39, 0.29) is 17.0 Å². The fourth-order valence-corrected chi connectivity index (χ4v) is 0.807. The molecule has 0 aromatic rings. The van der Waals surface area contributed by atoms with Crippen molar-refractivity contribution in [1.82, 2.24) is 5.32 Å². The number of hydrogen-bond acceptors (Lipinski definition) is 2. The molecule has 1 rings (SSSR count). The molecule has 0 aliphatic carbocycles. The summed E-state index contributed by atoms with van der Waals surface area (Å²) in [6.07, 6.45) is 2.60. The summed E-state index contributed by atoms with van der Waals surface area (Å²) in [7, 11) is 0. The zero-order chi connectivity index (χ0) is 6.69. The summed E-state index contributed by atoms with van der Waals surface area (Å²) in [4.78, 5) is 10.2. The lowest BCUT2D eigenvalue weighted by Gasteiger charge is -2.09. The Morgan fingerprint density at radius 3 is 2.70 bits per heavy atom. The zero-order valence-electron chi connectivity index (χ0n) is 5.46. The molecule has 0 bridgehead atoms. The number of halogens is 1. The van der Waals surface area contributed by atoms with Crippen LogP contribution in [0.2, 0.25) is 0 Å². The van der Waals surface area contributed by atoms with Gasteiger partial charge in [-0.2, -0.15) is 0 Å². The van der Waals surface area contributed by atoms with Crippen molar-refractivity contribution in [3.8, 4) is 0 Å². The van der Waals surface area contributed by atoms with Crippen LogP contribution >= 0.6 is 17.0 Å². The van der Waals surface area contributed by atoms with Crippen LogP contribution in [0.3, 0.4) is 0 Å². The van der Waals surface area contributed by atoms with Gasteiger partial charge in [-0.15, -0.1) is 17.0 Å². The highest BCUT2D eigenvalue weighted by atomic mass is 79.9. The largest absolute Gasteiger partial charge is 0.478 e. The molecule has 0 fully saturated rings. The van der Waals surface area contributed by atoms with E-state index in [1.807, 2.05) is 0 Å². The molecule has 10 heavy (non-hydrogen) atoms. The second-order valence-corrected chi connectivity index (χ2v) is 2.00. The molecule has 0 radical (unpaired) electrons. The number of carboxylic acids is 1. The summed E-state index contributed by atoms with van der Waals surface area (Å²) in [5, 5.41) is 11.4. The third-order valence-corrected chi connectivity index (χ3v) is 1.30. The van der Waals surface area contributed by atoms with Crippen LogP contribution in [0.4, 0.5) is 0 Å². The minimum atomic E-state index is -0.804. The Bertz CT molecular complexity index is 156. The van der Waals surface area contributed by atoms with E-state index in [0.29, 0.717) is 12.1 Å². The Morgan fingerprint density at radius 1 is 1.70 bits per heavy atom. The third kappa shape index (κ3) is 2.49. The van der Waals surface area contributed by atoms with Crippen molar-refractivity contribution in [2.45, 2.75) is 6.42 Å². The van der Waals surface area contributed by atoms with E-state index in [4.69, 9.17) is 5.11 Å². The Hall–Kier alpha value is -0.350. The Labute approximate surface area is 69.9 Å². The summed E-state index contributed by atoms with van der Waals surface area (Å²) in [6.45, 7) is 1.41. The first kappa shape index (κ1) is 9.65. The summed E-state index contributed by atoms with van der Waals surface area (Å²) in [5.41, 5.74) is 0.487. The van der Waals surface area contributed by atoms with Crippen LogP contribution in [0.5, 0.6) is 0 Å². The molecule has 4 heteroatoms. The molecule has 0 amide bonds. The topological polar surface area (TPSA) is 49.3 Å². The smallest absolute Gasteiger partial charge is 0.332 e. The molecule has 1 aliphatic rings. The first-order valence-electron chi connectivity index (χ1n) is 2.94. The third-order valence-electron chi connectivity index (χ3n) is 1.30. The van der Waals surface area contributed by atoms with E-state index in [1.54, 1.807) is 6.08 Å². The molecular formula is C6H10BrNO2. The van der Waals surface area contributed by atoms with Crippen molar-refractivity contribution in [2.24, 2.45) is 0 Å². The van der Waals surface area contributed by atoms with Crippen LogP contribution in [0.15, 0.2) is 11.6 Å². The Balaban J connectivity index is 0.000000810. The predicted octanol–water partition coefficient (Wildman–Crippen LogP) is 0.569.